The van der Waals surface area contributed by atoms with Crippen LogP contribution in [0.3, 0.4) is 0 Å². The van der Waals surface area contributed by atoms with E-state index >= 15 is 0 Å². The minimum atomic E-state index is -0.481. The molecular weight excluding hydrogens is 200 g/mol. The summed E-state index contributed by atoms with van der Waals surface area (Å²) >= 11 is 2.92. The molecule has 1 heterocycles. The molecule has 0 bridgehead atoms. The van der Waals surface area contributed by atoms with Crippen LogP contribution in [-0.2, 0) is 0 Å². The molecule has 3 nitrogen and oxygen atoms in total. The smallest absolute Gasteiger partial charge is 0.350 e. The second-order valence-electron chi connectivity index (χ2n) is 1.63. The zero-order valence-corrected chi connectivity index (χ0v) is 6.42. The Bertz CT molecular complexity index is 302. The molecule has 4 heteroatoms. The van der Waals surface area contributed by atoms with Gasteiger partial charge in [-0.15, -0.1) is 0 Å². The van der Waals surface area contributed by atoms with E-state index in [9.17, 15) is 9.59 Å². The topological polar surface area (TPSA) is 47.3 Å². The third-order valence-electron chi connectivity index (χ3n) is 0.927. The van der Waals surface area contributed by atoms with Crippen LogP contribution in [0, 0.1) is 0 Å². The van der Waals surface area contributed by atoms with Crippen LogP contribution in [0.4, 0.5) is 0 Å². The minimum absolute atomic E-state index is 0.261. The summed E-state index contributed by atoms with van der Waals surface area (Å²) in [6, 6.07) is 1.40. The van der Waals surface area contributed by atoms with Gasteiger partial charge in [-0.1, -0.05) is 0 Å². The summed E-state index contributed by atoms with van der Waals surface area (Å²) in [6.45, 7) is 0. The van der Waals surface area contributed by atoms with Gasteiger partial charge in [0.1, 0.15) is 10.7 Å². The molecule has 1 aromatic rings. The number of hydrogen-bond donors (Lipinski definition) is 0. The van der Waals surface area contributed by atoms with Crippen LogP contribution >= 0.6 is 15.9 Å². The van der Waals surface area contributed by atoms with E-state index in [-0.39, 0.29) is 4.47 Å². The molecule has 0 fully saturated rings. The van der Waals surface area contributed by atoms with Crippen molar-refractivity contribution in [2.45, 2.75) is 0 Å². The maximum Gasteiger partial charge on any atom is 0.350 e. The maximum atomic E-state index is 10.6. The largest absolute Gasteiger partial charge is 0.430 e. The predicted octanol–water partition coefficient (Wildman–Crippen LogP) is 1.21. The lowest BCUT2D eigenvalue weighted by Gasteiger charge is -1.87. The van der Waals surface area contributed by atoms with E-state index in [1.54, 1.807) is 0 Å². The first-order chi connectivity index (χ1) is 4.74. The Labute approximate surface area is 64.8 Å². The van der Waals surface area contributed by atoms with Crippen molar-refractivity contribution in [3.8, 4) is 0 Å². The highest BCUT2D eigenvalue weighted by molar-refractivity contribution is 9.10. The van der Waals surface area contributed by atoms with Crippen LogP contribution in [0.25, 0.3) is 0 Å². The minimum Gasteiger partial charge on any atom is -0.430 e. The second kappa shape index (κ2) is 2.79. The predicted molar refractivity (Wildman–Crippen MR) is 38.1 cm³/mol. The number of carbonyl (C=O) groups is 1. The first kappa shape index (κ1) is 7.21. The highest BCUT2D eigenvalue weighted by atomic mass is 79.9. The molecule has 0 N–H and O–H groups in total. The van der Waals surface area contributed by atoms with Crippen molar-refractivity contribution >= 4 is 22.2 Å². The summed E-state index contributed by atoms with van der Waals surface area (Å²) < 4.78 is 4.71. The van der Waals surface area contributed by atoms with Gasteiger partial charge in [0.15, 0.2) is 6.29 Å². The number of hydrogen-bond acceptors (Lipinski definition) is 3. The number of aldehydes is 1. The molecule has 0 aliphatic rings. The van der Waals surface area contributed by atoms with Crippen molar-refractivity contribution in [1.82, 2.24) is 0 Å². The molecule has 1 rings (SSSR count). The zero-order chi connectivity index (χ0) is 7.56. The van der Waals surface area contributed by atoms with Crippen molar-refractivity contribution in [2.75, 3.05) is 0 Å². The highest BCUT2D eigenvalue weighted by Gasteiger charge is 1.97. The molecular formula is C6H3BrO3. The lowest BCUT2D eigenvalue weighted by molar-refractivity contribution is 0.112. The van der Waals surface area contributed by atoms with E-state index in [1.807, 2.05) is 0 Å². The SMILES string of the molecule is O=Cc1coc(=O)c(Br)c1. The Hall–Kier alpha value is -0.900. The van der Waals surface area contributed by atoms with Gasteiger partial charge in [-0.2, -0.15) is 0 Å². The van der Waals surface area contributed by atoms with E-state index in [0.29, 0.717) is 11.8 Å². The molecule has 0 spiro atoms. The molecule has 0 radical (unpaired) electrons. The normalized spacial score (nSPS) is 9.30. The summed E-state index contributed by atoms with van der Waals surface area (Å²) in [5.74, 6) is 0. The Kier molecular flexibility index (Phi) is 2.01. The van der Waals surface area contributed by atoms with E-state index in [1.165, 1.54) is 6.07 Å². The van der Waals surface area contributed by atoms with Crippen LogP contribution in [0.1, 0.15) is 10.4 Å². The van der Waals surface area contributed by atoms with Gasteiger partial charge in [-0.25, -0.2) is 4.79 Å². The van der Waals surface area contributed by atoms with Gasteiger partial charge in [0.2, 0.25) is 0 Å². The molecule has 1 aromatic heterocycles. The Balaban J connectivity index is 3.29. The van der Waals surface area contributed by atoms with Crippen LogP contribution in [0.15, 0.2) is 26.0 Å². The lowest BCUT2D eigenvalue weighted by Crippen LogP contribution is -1.98. The van der Waals surface area contributed by atoms with E-state index in [4.69, 9.17) is 0 Å². The Morgan fingerprint density at radius 1 is 1.60 bits per heavy atom. The van der Waals surface area contributed by atoms with Crippen LogP contribution < -0.4 is 5.63 Å². The second-order valence-corrected chi connectivity index (χ2v) is 2.49. The van der Waals surface area contributed by atoms with Crippen LogP contribution in [-0.4, -0.2) is 6.29 Å². The van der Waals surface area contributed by atoms with Crippen LogP contribution in [0.2, 0.25) is 0 Å². The Morgan fingerprint density at radius 2 is 2.30 bits per heavy atom. The van der Waals surface area contributed by atoms with E-state index in [2.05, 4.69) is 20.3 Å². The summed E-state index contributed by atoms with van der Waals surface area (Å²) in [7, 11) is 0. The molecule has 0 atom stereocenters. The highest BCUT2D eigenvalue weighted by Crippen LogP contribution is 2.03. The fourth-order valence-corrected chi connectivity index (χ4v) is 0.837. The molecule has 0 saturated heterocycles. The van der Waals surface area contributed by atoms with Gasteiger partial charge in [0.05, 0.1) is 5.56 Å². The molecule has 0 aliphatic carbocycles. The summed E-state index contributed by atoms with van der Waals surface area (Å²) in [5.41, 5.74) is -0.142. The fourth-order valence-electron chi connectivity index (χ4n) is 0.479. The van der Waals surface area contributed by atoms with Gasteiger partial charge >= 0.3 is 5.63 Å². The molecule has 0 aliphatic heterocycles. The molecule has 0 saturated carbocycles. The first-order valence-corrected chi connectivity index (χ1v) is 3.27. The van der Waals surface area contributed by atoms with Gasteiger partial charge in [0, 0.05) is 0 Å². The van der Waals surface area contributed by atoms with Crippen molar-refractivity contribution in [1.29, 1.82) is 0 Å². The third kappa shape index (κ3) is 1.33. The van der Waals surface area contributed by atoms with Crippen molar-refractivity contribution in [2.24, 2.45) is 0 Å². The van der Waals surface area contributed by atoms with E-state index < -0.39 is 5.63 Å². The monoisotopic (exact) mass is 202 g/mol. The van der Waals surface area contributed by atoms with Gasteiger partial charge in [-0.05, 0) is 22.0 Å². The van der Waals surface area contributed by atoms with Gasteiger partial charge < -0.3 is 4.42 Å². The molecule has 0 aromatic carbocycles. The van der Waals surface area contributed by atoms with Gasteiger partial charge in [-0.3, -0.25) is 4.79 Å². The maximum absolute atomic E-state index is 10.6. The standard InChI is InChI=1S/C6H3BrO3/c7-5-1-4(2-8)3-10-6(5)9/h1-3H. The van der Waals surface area contributed by atoms with Crippen LogP contribution in [0.5, 0.6) is 0 Å². The molecule has 0 unspecified atom stereocenters. The number of carbonyl (C=O) groups excluding carboxylic acids is 1. The summed E-state index contributed by atoms with van der Waals surface area (Å²) in [6.07, 6.45) is 1.72. The van der Waals surface area contributed by atoms with Gasteiger partial charge in [0.25, 0.3) is 0 Å². The molecule has 10 heavy (non-hydrogen) atoms. The molecule has 0 amide bonds. The van der Waals surface area contributed by atoms with Crippen molar-refractivity contribution in [3.63, 3.8) is 0 Å². The van der Waals surface area contributed by atoms with E-state index in [0.717, 1.165) is 6.26 Å². The quantitative estimate of drug-likeness (QED) is 0.644. The first-order valence-electron chi connectivity index (χ1n) is 2.47. The van der Waals surface area contributed by atoms with Crippen molar-refractivity contribution in [3.05, 3.63) is 32.8 Å². The molecule has 52 valence electrons. The average Bonchev–Trinajstić information content (AvgIpc) is 1.95. The number of halogens is 1. The average molecular weight is 203 g/mol. The zero-order valence-electron chi connectivity index (χ0n) is 4.83. The fraction of sp³-hybridized carbons (Fsp3) is 0. The summed E-state index contributed by atoms with van der Waals surface area (Å²) in [5, 5.41) is 0. The number of rotatable bonds is 1. The third-order valence-corrected chi connectivity index (χ3v) is 1.48. The van der Waals surface area contributed by atoms with Crippen molar-refractivity contribution < 1.29 is 9.21 Å². The summed E-state index contributed by atoms with van der Waals surface area (Å²) in [4.78, 5) is 20.6. The Morgan fingerprint density at radius 3 is 2.80 bits per heavy atom. The lowest BCUT2D eigenvalue weighted by atomic mass is 10.3.